The Morgan fingerprint density at radius 1 is 1.06 bits per heavy atom. The molecule has 2 N–H and O–H groups in total. The van der Waals surface area contributed by atoms with Gasteiger partial charge in [-0.2, -0.15) is 0 Å². The fourth-order valence-corrected chi connectivity index (χ4v) is 4.18. The van der Waals surface area contributed by atoms with E-state index in [-0.39, 0.29) is 24.9 Å². The molecule has 2 aromatic carbocycles. The molecular weight excluding hydrogens is 460 g/mol. The van der Waals surface area contributed by atoms with Gasteiger partial charge in [-0.3, -0.25) is 9.59 Å². The highest BCUT2D eigenvalue weighted by atomic mass is 16.5. The van der Waals surface area contributed by atoms with E-state index in [9.17, 15) is 19.8 Å². The molecule has 9 heteroatoms. The number of pyridine rings is 1. The molecule has 186 valence electrons. The number of methoxy groups -OCH3 is 1. The summed E-state index contributed by atoms with van der Waals surface area (Å²) in [6.45, 7) is 1.90. The van der Waals surface area contributed by atoms with E-state index in [1.165, 1.54) is 0 Å². The van der Waals surface area contributed by atoms with E-state index < -0.39 is 18.0 Å². The van der Waals surface area contributed by atoms with Crippen molar-refractivity contribution in [1.82, 2.24) is 20.0 Å². The van der Waals surface area contributed by atoms with Crippen LogP contribution in [0.5, 0.6) is 5.88 Å². The summed E-state index contributed by atoms with van der Waals surface area (Å²) in [5.74, 6) is -1.59. The molecule has 0 unspecified atom stereocenters. The number of rotatable bonds is 10. The van der Waals surface area contributed by atoms with Crippen LogP contribution in [0, 0.1) is 12.8 Å². The van der Waals surface area contributed by atoms with Crippen LogP contribution in [0.25, 0.3) is 22.0 Å². The zero-order chi connectivity index (χ0) is 25.7. The van der Waals surface area contributed by atoms with Gasteiger partial charge in [0.2, 0.25) is 5.88 Å². The lowest BCUT2D eigenvalue weighted by atomic mass is 9.93. The molecule has 0 saturated carbocycles. The molecule has 0 spiro atoms. The Balaban J connectivity index is 1.37. The normalized spacial score (nSPS) is 12.9. The van der Waals surface area contributed by atoms with Gasteiger partial charge in [-0.05, 0) is 55.0 Å². The Bertz CT molecular complexity index is 1400. The maximum Gasteiger partial charge on any atom is 0.309 e. The topological polar surface area (TPSA) is 127 Å². The Hall–Kier alpha value is -4.11. The van der Waals surface area contributed by atoms with Gasteiger partial charge in [0.05, 0.1) is 24.5 Å². The first kappa shape index (κ1) is 25.0. The number of aromatic nitrogens is 4. The zero-order valence-corrected chi connectivity index (χ0v) is 20.2. The average Bonchev–Trinajstić information content (AvgIpc) is 2.89. The van der Waals surface area contributed by atoms with Crippen LogP contribution in [-0.4, -0.2) is 49.4 Å². The van der Waals surface area contributed by atoms with Gasteiger partial charge in [0.1, 0.15) is 5.52 Å². The molecule has 9 nitrogen and oxygen atoms in total. The highest BCUT2D eigenvalue weighted by Crippen LogP contribution is 2.22. The first-order valence-corrected chi connectivity index (χ1v) is 11.7. The van der Waals surface area contributed by atoms with Crippen molar-refractivity contribution in [2.24, 2.45) is 5.92 Å². The highest BCUT2D eigenvalue weighted by Gasteiger charge is 2.26. The molecule has 0 aliphatic rings. The van der Waals surface area contributed by atoms with Crippen molar-refractivity contribution in [2.45, 2.75) is 38.8 Å². The number of hydrogen-bond donors (Lipinski definition) is 2. The summed E-state index contributed by atoms with van der Waals surface area (Å²) in [7, 11) is 1.57. The van der Waals surface area contributed by atoms with E-state index in [1.54, 1.807) is 31.5 Å². The molecule has 0 aliphatic heterocycles. The van der Waals surface area contributed by atoms with Crippen LogP contribution >= 0.6 is 0 Å². The van der Waals surface area contributed by atoms with Gasteiger partial charge in [0.15, 0.2) is 0 Å². The van der Waals surface area contributed by atoms with Crippen molar-refractivity contribution in [1.29, 1.82) is 0 Å². The third kappa shape index (κ3) is 5.58. The monoisotopic (exact) mass is 488 g/mol. The predicted molar refractivity (Wildman–Crippen MR) is 135 cm³/mol. The second-order valence-corrected chi connectivity index (χ2v) is 8.71. The molecule has 0 aliphatic carbocycles. The van der Waals surface area contributed by atoms with E-state index in [0.717, 1.165) is 26.9 Å². The van der Waals surface area contributed by atoms with E-state index in [4.69, 9.17) is 4.74 Å². The van der Waals surface area contributed by atoms with Crippen LogP contribution in [0.2, 0.25) is 0 Å². The SMILES string of the molecule is COc1ccc(-c2ccc(CC[C@@H](O)[C@H](CCn3nnc4c(C)cccc4c3=O)C(=O)O)cc2)cn1. The maximum atomic E-state index is 12.7. The van der Waals surface area contributed by atoms with Crippen molar-refractivity contribution in [3.05, 3.63) is 82.3 Å². The molecule has 36 heavy (non-hydrogen) atoms. The van der Waals surface area contributed by atoms with Crippen molar-refractivity contribution < 1.29 is 19.7 Å². The number of carbonyl (C=O) groups is 1. The summed E-state index contributed by atoms with van der Waals surface area (Å²) in [4.78, 5) is 28.8. The van der Waals surface area contributed by atoms with Crippen LogP contribution in [0.15, 0.2) is 65.6 Å². The second-order valence-electron chi connectivity index (χ2n) is 8.71. The van der Waals surface area contributed by atoms with Gasteiger partial charge < -0.3 is 14.9 Å². The highest BCUT2D eigenvalue weighted by molar-refractivity contribution is 5.79. The van der Waals surface area contributed by atoms with E-state index >= 15 is 0 Å². The van der Waals surface area contributed by atoms with Gasteiger partial charge in [-0.1, -0.05) is 41.6 Å². The van der Waals surface area contributed by atoms with Crippen molar-refractivity contribution >= 4 is 16.9 Å². The average molecular weight is 489 g/mol. The summed E-state index contributed by atoms with van der Waals surface area (Å²) in [5.41, 5.74) is 3.98. The van der Waals surface area contributed by atoms with Crippen molar-refractivity contribution in [2.75, 3.05) is 7.11 Å². The summed E-state index contributed by atoms with van der Waals surface area (Å²) in [6.07, 6.45) is 1.52. The Morgan fingerprint density at radius 2 is 1.81 bits per heavy atom. The number of carboxylic acids is 1. The minimum Gasteiger partial charge on any atom is -0.481 e. The molecule has 4 aromatic rings. The number of hydrogen-bond acceptors (Lipinski definition) is 7. The molecule has 0 fully saturated rings. The minimum atomic E-state index is -1.11. The summed E-state index contributed by atoms with van der Waals surface area (Å²) < 4.78 is 6.25. The van der Waals surface area contributed by atoms with Crippen LogP contribution in [0.4, 0.5) is 0 Å². The predicted octanol–water partition coefficient (Wildman–Crippen LogP) is 3.26. The number of aliphatic carboxylic acids is 1. The molecule has 2 aromatic heterocycles. The number of ether oxygens (including phenoxy) is 1. The number of fused-ring (bicyclic) bond motifs is 1. The Morgan fingerprint density at radius 3 is 2.47 bits per heavy atom. The van der Waals surface area contributed by atoms with Crippen molar-refractivity contribution in [3.63, 3.8) is 0 Å². The van der Waals surface area contributed by atoms with Gasteiger partial charge in [0.25, 0.3) is 5.56 Å². The van der Waals surface area contributed by atoms with Gasteiger partial charge in [-0.25, -0.2) is 9.67 Å². The lowest BCUT2D eigenvalue weighted by molar-refractivity contribution is -0.146. The number of aliphatic hydroxyl groups excluding tert-OH is 1. The third-order valence-corrected chi connectivity index (χ3v) is 6.35. The Kier molecular flexibility index (Phi) is 7.70. The maximum absolute atomic E-state index is 12.7. The minimum absolute atomic E-state index is 0.0499. The Labute approximate surface area is 208 Å². The molecule has 0 radical (unpaired) electrons. The lowest BCUT2D eigenvalue weighted by Crippen LogP contribution is -2.32. The van der Waals surface area contributed by atoms with Crippen LogP contribution < -0.4 is 10.3 Å². The number of aliphatic hydroxyl groups is 1. The van der Waals surface area contributed by atoms with E-state index in [2.05, 4.69) is 15.3 Å². The molecule has 0 amide bonds. The molecule has 2 atom stereocenters. The first-order valence-electron chi connectivity index (χ1n) is 11.7. The number of nitrogens with zero attached hydrogens (tertiary/aromatic N) is 4. The standard InChI is InChI=1S/C27H28N4O5/c1-17-4-3-5-22-25(17)29-30-31(26(22)33)15-14-21(27(34)35)23(32)12-8-18-6-9-19(10-7-18)20-11-13-24(36-2)28-16-20/h3-7,9-11,13,16,21,23,32H,8,12,14-15H2,1-2H3,(H,34,35)/t21-,23+/m0/s1. The molecule has 2 heterocycles. The van der Waals surface area contributed by atoms with Gasteiger partial charge >= 0.3 is 5.97 Å². The number of benzene rings is 2. The van der Waals surface area contributed by atoms with Crippen LogP contribution in [0.1, 0.15) is 24.0 Å². The fourth-order valence-electron chi connectivity index (χ4n) is 4.18. The van der Waals surface area contributed by atoms with Crippen LogP contribution in [-0.2, 0) is 17.8 Å². The van der Waals surface area contributed by atoms with Gasteiger partial charge in [0, 0.05) is 24.4 Å². The van der Waals surface area contributed by atoms with Crippen molar-refractivity contribution in [3.8, 4) is 17.0 Å². The first-order chi connectivity index (χ1) is 17.4. The number of carboxylic acid groups (broad SMARTS) is 1. The van der Waals surface area contributed by atoms with E-state index in [1.807, 2.05) is 43.3 Å². The third-order valence-electron chi connectivity index (χ3n) is 6.35. The van der Waals surface area contributed by atoms with Crippen LogP contribution in [0.3, 0.4) is 0 Å². The number of aryl methyl sites for hydroxylation is 3. The van der Waals surface area contributed by atoms with E-state index in [0.29, 0.717) is 23.2 Å². The summed E-state index contributed by atoms with van der Waals surface area (Å²) in [5, 5.41) is 28.9. The smallest absolute Gasteiger partial charge is 0.309 e. The fraction of sp³-hybridized carbons (Fsp3) is 0.296. The molecule has 0 bridgehead atoms. The quantitative estimate of drug-likeness (QED) is 0.348. The lowest BCUT2D eigenvalue weighted by Gasteiger charge is -2.19. The molecule has 0 saturated heterocycles. The largest absolute Gasteiger partial charge is 0.481 e. The second kappa shape index (κ2) is 11.1. The molecular formula is C27H28N4O5. The molecule has 4 rings (SSSR count). The zero-order valence-electron chi connectivity index (χ0n) is 20.2. The summed E-state index contributed by atoms with van der Waals surface area (Å²) in [6, 6.07) is 16.9. The van der Waals surface area contributed by atoms with Gasteiger partial charge in [-0.15, -0.1) is 5.10 Å². The summed E-state index contributed by atoms with van der Waals surface area (Å²) >= 11 is 0.